The monoisotopic (exact) mass is 199 g/mol. The van der Waals surface area contributed by atoms with Crippen LogP contribution in [0, 0.1) is 0 Å². The SMILES string of the molecule is Cl.c1cncc([C@H]2CNCCN2)c1. The molecule has 2 heterocycles. The maximum Gasteiger partial charge on any atom is 0.0462 e. The number of hydrogen-bond acceptors (Lipinski definition) is 3. The molecule has 1 aromatic rings. The van der Waals surface area contributed by atoms with Crippen molar-refractivity contribution in [1.29, 1.82) is 0 Å². The van der Waals surface area contributed by atoms with Crippen molar-refractivity contribution < 1.29 is 0 Å². The summed E-state index contributed by atoms with van der Waals surface area (Å²) in [6.45, 7) is 3.11. The highest BCUT2D eigenvalue weighted by Crippen LogP contribution is 2.10. The van der Waals surface area contributed by atoms with Gasteiger partial charge in [-0.05, 0) is 11.6 Å². The zero-order valence-electron chi connectivity index (χ0n) is 7.36. The minimum atomic E-state index is 0. The Hall–Kier alpha value is -0.640. The van der Waals surface area contributed by atoms with Crippen LogP contribution in [0.25, 0.3) is 0 Å². The van der Waals surface area contributed by atoms with Crippen LogP contribution >= 0.6 is 12.4 Å². The first-order valence-electron chi connectivity index (χ1n) is 4.31. The van der Waals surface area contributed by atoms with Gasteiger partial charge in [0, 0.05) is 38.1 Å². The van der Waals surface area contributed by atoms with E-state index in [0.29, 0.717) is 6.04 Å². The van der Waals surface area contributed by atoms with Crippen LogP contribution in [0.1, 0.15) is 11.6 Å². The van der Waals surface area contributed by atoms with Crippen molar-refractivity contribution >= 4 is 12.4 Å². The largest absolute Gasteiger partial charge is 0.314 e. The number of aromatic nitrogens is 1. The van der Waals surface area contributed by atoms with Crippen LogP contribution < -0.4 is 10.6 Å². The summed E-state index contributed by atoms with van der Waals surface area (Å²) in [6.07, 6.45) is 3.73. The van der Waals surface area contributed by atoms with E-state index < -0.39 is 0 Å². The molecule has 0 bridgehead atoms. The van der Waals surface area contributed by atoms with Gasteiger partial charge >= 0.3 is 0 Å². The lowest BCUT2D eigenvalue weighted by Crippen LogP contribution is -2.42. The molecule has 0 saturated carbocycles. The Morgan fingerprint density at radius 1 is 1.38 bits per heavy atom. The van der Waals surface area contributed by atoms with Gasteiger partial charge in [-0.3, -0.25) is 4.98 Å². The van der Waals surface area contributed by atoms with Crippen LogP contribution in [-0.4, -0.2) is 24.6 Å². The standard InChI is InChI=1S/C9H13N3.ClH/c1-2-8(6-10-3-1)9-7-11-4-5-12-9;/h1-3,6,9,11-12H,4-5,7H2;1H/t9-;/m1./s1. The fourth-order valence-electron chi connectivity index (χ4n) is 1.47. The van der Waals surface area contributed by atoms with E-state index in [0.717, 1.165) is 19.6 Å². The Morgan fingerprint density at radius 3 is 2.92 bits per heavy atom. The third-order valence-electron chi connectivity index (χ3n) is 2.13. The molecule has 2 rings (SSSR count). The zero-order valence-corrected chi connectivity index (χ0v) is 8.18. The summed E-state index contributed by atoms with van der Waals surface area (Å²) in [5.74, 6) is 0. The van der Waals surface area contributed by atoms with Gasteiger partial charge in [0.2, 0.25) is 0 Å². The molecule has 4 heteroatoms. The molecule has 0 spiro atoms. The lowest BCUT2D eigenvalue weighted by molar-refractivity contribution is 0.429. The fourth-order valence-corrected chi connectivity index (χ4v) is 1.47. The molecule has 13 heavy (non-hydrogen) atoms. The molecule has 72 valence electrons. The molecule has 0 radical (unpaired) electrons. The summed E-state index contributed by atoms with van der Waals surface area (Å²) in [7, 11) is 0. The summed E-state index contributed by atoms with van der Waals surface area (Å²) in [5.41, 5.74) is 1.27. The van der Waals surface area contributed by atoms with Gasteiger partial charge in [-0.15, -0.1) is 12.4 Å². The molecular formula is C9H14ClN3. The molecule has 2 N–H and O–H groups in total. The Morgan fingerprint density at radius 2 is 2.31 bits per heavy atom. The van der Waals surface area contributed by atoms with Gasteiger partial charge in [0.15, 0.2) is 0 Å². The fraction of sp³-hybridized carbons (Fsp3) is 0.444. The van der Waals surface area contributed by atoms with Crippen molar-refractivity contribution in [1.82, 2.24) is 15.6 Å². The molecule has 3 nitrogen and oxygen atoms in total. The summed E-state index contributed by atoms with van der Waals surface area (Å²) in [6, 6.07) is 4.52. The van der Waals surface area contributed by atoms with E-state index in [2.05, 4.69) is 21.7 Å². The highest BCUT2D eigenvalue weighted by atomic mass is 35.5. The highest BCUT2D eigenvalue weighted by Gasteiger charge is 2.13. The number of hydrogen-bond donors (Lipinski definition) is 2. The first kappa shape index (κ1) is 10.4. The third-order valence-corrected chi connectivity index (χ3v) is 2.13. The molecule has 1 atom stereocenters. The van der Waals surface area contributed by atoms with E-state index in [1.165, 1.54) is 5.56 Å². The van der Waals surface area contributed by atoms with Gasteiger partial charge in [0.05, 0.1) is 0 Å². The lowest BCUT2D eigenvalue weighted by atomic mass is 10.1. The van der Waals surface area contributed by atoms with Crippen LogP contribution in [0.3, 0.4) is 0 Å². The molecule has 0 aromatic carbocycles. The van der Waals surface area contributed by atoms with Crippen LogP contribution in [0.4, 0.5) is 0 Å². The van der Waals surface area contributed by atoms with E-state index in [9.17, 15) is 0 Å². The molecular weight excluding hydrogens is 186 g/mol. The molecule has 0 amide bonds. The van der Waals surface area contributed by atoms with Gasteiger partial charge in [-0.2, -0.15) is 0 Å². The van der Waals surface area contributed by atoms with E-state index in [1.807, 2.05) is 12.3 Å². The molecule has 0 unspecified atom stereocenters. The Kier molecular flexibility index (Phi) is 4.15. The van der Waals surface area contributed by atoms with Crippen molar-refractivity contribution in [3.8, 4) is 0 Å². The maximum absolute atomic E-state index is 4.09. The minimum absolute atomic E-state index is 0. The normalized spacial score (nSPS) is 22.0. The van der Waals surface area contributed by atoms with Gasteiger partial charge in [0.1, 0.15) is 0 Å². The second-order valence-corrected chi connectivity index (χ2v) is 3.00. The van der Waals surface area contributed by atoms with Crippen LogP contribution in [0.2, 0.25) is 0 Å². The average Bonchev–Trinajstić information content (AvgIpc) is 2.21. The second-order valence-electron chi connectivity index (χ2n) is 3.00. The van der Waals surface area contributed by atoms with Gasteiger partial charge < -0.3 is 10.6 Å². The Labute approximate surface area is 84.4 Å². The number of halogens is 1. The molecule has 1 aliphatic heterocycles. The van der Waals surface area contributed by atoms with Crippen LogP contribution in [0.15, 0.2) is 24.5 Å². The first-order chi connectivity index (χ1) is 5.97. The Bertz CT molecular complexity index is 234. The van der Waals surface area contributed by atoms with Crippen molar-refractivity contribution in [2.45, 2.75) is 6.04 Å². The topological polar surface area (TPSA) is 37.0 Å². The van der Waals surface area contributed by atoms with Crippen LogP contribution in [0.5, 0.6) is 0 Å². The quantitative estimate of drug-likeness (QED) is 0.701. The molecule has 1 fully saturated rings. The van der Waals surface area contributed by atoms with Gasteiger partial charge in [-0.25, -0.2) is 0 Å². The molecule has 1 aliphatic rings. The predicted molar refractivity (Wildman–Crippen MR) is 55.1 cm³/mol. The van der Waals surface area contributed by atoms with Crippen LogP contribution in [-0.2, 0) is 0 Å². The van der Waals surface area contributed by atoms with Crippen molar-refractivity contribution in [3.63, 3.8) is 0 Å². The van der Waals surface area contributed by atoms with Gasteiger partial charge in [0.25, 0.3) is 0 Å². The summed E-state index contributed by atoms with van der Waals surface area (Å²) in [4.78, 5) is 4.09. The number of nitrogens with zero attached hydrogens (tertiary/aromatic N) is 1. The van der Waals surface area contributed by atoms with Gasteiger partial charge in [-0.1, -0.05) is 6.07 Å². The predicted octanol–water partition coefficient (Wildman–Crippen LogP) is 0.737. The maximum atomic E-state index is 4.09. The second kappa shape index (κ2) is 5.17. The molecule has 1 saturated heterocycles. The zero-order chi connectivity index (χ0) is 8.23. The summed E-state index contributed by atoms with van der Waals surface area (Å²) in [5, 5.41) is 6.78. The average molecular weight is 200 g/mol. The number of piperazine rings is 1. The number of pyridine rings is 1. The van der Waals surface area contributed by atoms with E-state index >= 15 is 0 Å². The van der Waals surface area contributed by atoms with E-state index in [4.69, 9.17) is 0 Å². The minimum Gasteiger partial charge on any atom is -0.314 e. The van der Waals surface area contributed by atoms with Crippen molar-refractivity contribution in [2.24, 2.45) is 0 Å². The number of nitrogens with one attached hydrogen (secondary N) is 2. The lowest BCUT2D eigenvalue weighted by Gasteiger charge is -2.24. The third kappa shape index (κ3) is 2.66. The summed E-state index contributed by atoms with van der Waals surface area (Å²) < 4.78 is 0. The first-order valence-corrected chi connectivity index (χ1v) is 4.31. The summed E-state index contributed by atoms with van der Waals surface area (Å²) >= 11 is 0. The van der Waals surface area contributed by atoms with Crippen molar-refractivity contribution in [3.05, 3.63) is 30.1 Å². The molecule has 1 aromatic heterocycles. The molecule has 0 aliphatic carbocycles. The van der Waals surface area contributed by atoms with Crippen molar-refractivity contribution in [2.75, 3.05) is 19.6 Å². The number of rotatable bonds is 1. The highest BCUT2D eigenvalue weighted by molar-refractivity contribution is 5.85. The van der Waals surface area contributed by atoms with E-state index in [-0.39, 0.29) is 12.4 Å². The van der Waals surface area contributed by atoms with E-state index in [1.54, 1.807) is 6.20 Å². The Balaban J connectivity index is 0.000000845. The smallest absolute Gasteiger partial charge is 0.0462 e.